The fourth-order valence-electron chi connectivity index (χ4n) is 1.93. The third kappa shape index (κ3) is 3.48. The third-order valence-electron chi connectivity index (χ3n) is 2.94. The SMILES string of the molecule is O=[N+]([O-])c1cc(CSc2ccc3c(c2)OCCCO3)cs1. The molecule has 1 aliphatic heterocycles. The second-order valence-electron chi connectivity index (χ2n) is 4.50. The van der Waals surface area contributed by atoms with E-state index in [1.165, 1.54) is 0 Å². The predicted octanol–water partition coefficient (Wildman–Crippen LogP) is 4.11. The largest absolute Gasteiger partial charge is 0.490 e. The molecule has 0 radical (unpaired) electrons. The summed E-state index contributed by atoms with van der Waals surface area (Å²) in [6.07, 6.45) is 0.885. The maximum atomic E-state index is 10.7. The van der Waals surface area contributed by atoms with Crippen molar-refractivity contribution in [3.05, 3.63) is 45.3 Å². The second kappa shape index (κ2) is 6.36. The first-order valence-corrected chi connectivity index (χ1v) is 8.33. The topological polar surface area (TPSA) is 61.6 Å². The number of fused-ring (bicyclic) bond motifs is 1. The maximum absolute atomic E-state index is 10.7. The van der Waals surface area contributed by atoms with Crippen LogP contribution in [0.2, 0.25) is 0 Å². The lowest BCUT2D eigenvalue weighted by Crippen LogP contribution is -1.97. The Labute approximate surface area is 130 Å². The quantitative estimate of drug-likeness (QED) is 0.481. The van der Waals surface area contributed by atoms with Crippen LogP contribution in [0, 0.1) is 10.1 Å². The van der Waals surface area contributed by atoms with E-state index in [9.17, 15) is 10.1 Å². The molecule has 1 aliphatic rings. The van der Waals surface area contributed by atoms with Gasteiger partial charge in [-0.25, -0.2) is 0 Å². The molecule has 3 rings (SSSR count). The summed E-state index contributed by atoms with van der Waals surface area (Å²) in [5.41, 5.74) is 0.962. The van der Waals surface area contributed by atoms with Crippen LogP contribution in [-0.4, -0.2) is 18.1 Å². The minimum atomic E-state index is -0.355. The monoisotopic (exact) mass is 323 g/mol. The van der Waals surface area contributed by atoms with Crippen molar-refractivity contribution in [3.8, 4) is 11.5 Å². The third-order valence-corrected chi connectivity index (χ3v) is 4.94. The fraction of sp³-hybridized carbons (Fsp3) is 0.286. The minimum Gasteiger partial charge on any atom is -0.490 e. The first kappa shape index (κ1) is 14.2. The van der Waals surface area contributed by atoms with E-state index >= 15 is 0 Å². The molecule has 2 heterocycles. The molecule has 0 N–H and O–H groups in total. The van der Waals surface area contributed by atoms with Crippen LogP contribution in [-0.2, 0) is 5.75 Å². The van der Waals surface area contributed by atoms with E-state index in [0.717, 1.165) is 39.7 Å². The van der Waals surface area contributed by atoms with Crippen molar-refractivity contribution in [1.29, 1.82) is 0 Å². The van der Waals surface area contributed by atoms with E-state index in [4.69, 9.17) is 9.47 Å². The summed E-state index contributed by atoms with van der Waals surface area (Å²) in [7, 11) is 0. The van der Waals surface area contributed by atoms with Crippen LogP contribution in [0.5, 0.6) is 11.5 Å². The number of hydrogen-bond acceptors (Lipinski definition) is 6. The average molecular weight is 323 g/mol. The summed E-state index contributed by atoms with van der Waals surface area (Å²) in [6, 6.07) is 7.49. The van der Waals surface area contributed by atoms with E-state index < -0.39 is 0 Å². The van der Waals surface area contributed by atoms with E-state index in [0.29, 0.717) is 19.0 Å². The van der Waals surface area contributed by atoms with Crippen LogP contribution < -0.4 is 9.47 Å². The molecule has 7 heteroatoms. The van der Waals surface area contributed by atoms with Crippen molar-refractivity contribution in [2.24, 2.45) is 0 Å². The Morgan fingerprint density at radius 3 is 2.81 bits per heavy atom. The molecule has 0 fully saturated rings. The van der Waals surface area contributed by atoms with Gasteiger partial charge in [0.05, 0.1) is 18.1 Å². The van der Waals surface area contributed by atoms with Crippen molar-refractivity contribution in [2.45, 2.75) is 17.1 Å². The molecule has 0 saturated carbocycles. The van der Waals surface area contributed by atoms with Crippen molar-refractivity contribution in [1.82, 2.24) is 0 Å². The highest BCUT2D eigenvalue weighted by Crippen LogP contribution is 2.35. The van der Waals surface area contributed by atoms with Crippen LogP contribution >= 0.6 is 23.1 Å². The number of ether oxygens (including phenoxy) is 2. The lowest BCUT2D eigenvalue weighted by molar-refractivity contribution is -0.380. The molecular formula is C14H13NO4S2. The average Bonchev–Trinajstić information content (AvgIpc) is 2.84. The van der Waals surface area contributed by atoms with Crippen LogP contribution in [0.3, 0.4) is 0 Å². The number of benzene rings is 1. The van der Waals surface area contributed by atoms with Gasteiger partial charge in [-0.05, 0) is 23.8 Å². The van der Waals surface area contributed by atoms with E-state index in [1.807, 2.05) is 23.6 Å². The van der Waals surface area contributed by atoms with Gasteiger partial charge in [0.15, 0.2) is 11.5 Å². The summed E-state index contributed by atoms with van der Waals surface area (Å²) in [5, 5.41) is 12.7. The number of rotatable bonds is 4. The fourth-order valence-corrected chi connectivity index (χ4v) is 3.62. The molecule has 0 unspecified atom stereocenters. The van der Waals surface area contributed by atoms with Crippen LogP contribution in [0.15, 0.2) is 34.5 Å². The Bertz CT molecular complexity index is 656. The molecule has 5 nitrogen and oxygen atoms in total. The van der Waals surface area contributed by atoms with E-state index in [1.54, 1.807) is 17.8 Å². The zero-order valence-electron chi connectivity index (χ0n) is 11.1. The highest BCUT2D eigenvalue weighted by Gasteiger charge is 2.12. The molecular weight excluding hydrogens is 310 g/mol. The van der Waals surface area contributed by atoms with Gasteiger partial charge in [0.1, 0.15) is 0 Å². The number of hydrogen-bond donors (Lipinski definition) is 0. The molecule has 21 heavy (non-hydrogen) atoms. The second-order valence-corrected chi connectivity index (χ2v) is 6.44. The summed E-state index contributed by atoms with van der Waals surface area (Å²) >= 11 is 2.79. The van der Waals surface area contributed by atoms with E-state index in [-0.39, 0.29) is 9.92 Å². The molecule has 1 aromatic carbocycles. The number of nitrogens with zero attached hydrogens (tertiary/aromatic N) is 1. The first-order valence-electron chi connectivity index (χ1n) is 6.46. The van der Waals surface area contributed by atoms with Crippen molar-refractivity contribution < 1.29 is 14.4 Å². The van der Waals surface area contributed by atoms with Gasteiger partial charge < -0.3 is 9.47 Å². The molecule has 110 valence electrons. The molecule has 0 atom stereocenters. The first-order chi connectivity index (χ1) is 10.2. The molecule has 0 saturated heterocycles. The van der Waals surface area contributed by atoms with Crippen LogP contribution in [0.1, 0.15) is 12.0 Å². The Morgan fingerprint density at radius 1 is 1.24 bits per heavy atom. The number of thioether (sulfide) groups is 1. The Balaban J connectivity index is 1.67. The Morgan fingerprint density at radius 2 is 2.05 bits per heavy atom. The van der Waals surface area contributed by atoms with Gasteiger partial charge >= 0.3 is 5.00 Å². The number of nitro groups is 1. The number of thiophene rings is 1. The van der Waals surface area contributed by atoms with Crippen LogP contribution in [0.25, 0.3) is 0 Å². The molecule has 0 spiro atoms. The summed E-state index contributed by atoms with van der Waals surface area (Å²) in [4.78, 5) is 11.4. The summed E-state index contributed by atoms with van der Waals surface area (Å²) in [5.74, 6) is 2.25. The van der Waals surface area contributed by atoms with Gasteiger partial charge in [-0.2, -0.15) is 0 Å². The summed E-state index contributed by atoms with van der Waals surface area (Å²) < 4.78 is 11.2. The Hall–Kier alpha value is -1.73. The van der Waals surface area contributed by atoms with E-state index in [2.05, 4.69) is 0 Å². The maximum Gasteiger partial charge on any atom is 0.324 e. The molecule has 2 aromatic rings. The summed E-state index contributed by atoms with van der Waals surface area (Å²) in [6.45, 7) is 1.34. The molecule has 0 aliphatic carbocycles. The lowest BCUT2D eigenvalue weighted by atomic mass is 10.3. The lowest BCUT2D eigenvalue weighted by Gasteiger charge is -2.08. The van der Waals surface area contributed by atoms with Gasteiger partial charge in [0.2, 0.25) is 0 Å². The predicted molar refractivity (Wildman–Crippen MR) is 82.6 cm³/mol. The van der Waals surface area contributed by atoms with Crippen molar-refractivity contribution >= 4 is 28.1 Å². The van der Waals surface area contributed by atoms with Gasteiger partial charge in [-0.3, -0.25) is 10.1 Å². The van der Waals surface area contributed by atoms with Gasteiger partial charge in [-0.15, -0.1) is 11.8 Å². The van der Waals surface area contributed by atoms with Crippen molar-refractivity contribution in [2.75, 3.05) is 13.2 Å². The van der Waals surface area contributed by atoms with Crippen molar-refractivity contribution in [3.63, 3.8) is 0 Å². The standard InChI is InChI=1S/C14H13NO4S2/c16-15(17)14-6-10(9-21-14)8-20-11-2-3-12-13(7-11)19-5-1-4-18-12/h2-3,6-7,9H,1,4-5,8H2. The van der Waals surface area contributed by atoms with Crippen LogP contribution in [0.4, 0.5) is 5.00 Å². The zero-order chi connectivity index (χ0) is 14.7. The highest BCUT2D eigenvalue weighted by atomic mass is 32.2. The molecule has 0 amide bonds. The molecule has 0 bridgehead atoms. The van der Waals surface area contributed by atoms with Gasteiger partial charge in [0.25, 0.3) is 0 Å². The molecule has 1 aromatic heterocycles. The van der Waals surface area contributed by atoms with Gasteiger partial charge in [-0.1, -0.05) is 11.3 Å². The Kier molecular flexibility index (Phi) is 4.31. The van der Waals surface area contributed by atoms with Gasteiger partial charge in [0, 0.05) is 28.5 Å². The zero-order valence-corrected chi connectivity index (χ0v) is 12.7. The minimum absolute atomic E-state index is 0.185. The smallest absolute Gasteiger partial charge is 0.324 e. The normalized spacial score (nSPS) is 13.7. The highest BCUT2D eigenvalue weighted by molar-refractivity contribution is 7.98.